The number of aromatic nitrogens is 1. The van der Waals surface area contributed by atoms with Crippen LogP contribution in [0.5, 0.6) is 0 Å². The lowest BCUT2D eigenvalue weighted by Crippen LogP contribution is -1.87. The summed E-state index contributed by atoms with van der Waals surface area (Å²) < 4.78 is 13.4. The number of hydrogen-bond acceptors (Lipinski definition) is 1. The van der Waals surface area contributed by atoms with E-state index < -0.39 is 0 Å². The minimum atomic E-state index is -0.173. The van der Waals surface area contributed by atoms with Crippen molar-refractivity contribution in [3.63, 3.8) is 0 Å². The van der Waals surface area contributed by atoms with Crippen LogP contribution in [0.3, 0.4) is 0 Å². The Morgan fingerprint density at radius 3 is 2.93 bits per heavy atom. The molecule has 2 aromatic rings. The van der Waals surface area contributed by atoms with Crippen molar-refractivity contribution in [1.82, 2.24) is 4.98 Å². The van der Waals surface area contributed by atoms with Gasteiger partial charge in [-0.25, -0.2) is 4.39 Å². The van der Waals surface area contributed by atoms with E-state index in [0.29, 0.717) is 10.8 Å². The van der Waals surface area contributed by atoms with Gasteiger partial charge in [0.15, 0.2) is 0 Å². The van der Waals surface area contributed by atoms with Gasteiger partial charge in [0, 0.05) is 17.3 Å². The van der Waals surface area contributed by atoms with Gasteiger partial charge in [-0.05, 0) is 16.9 Å². The van der Waals surface area contributed by atoms with Crippen LogP contribution >= 0.6 is 11.8 Å². The van der Waals surface area contributed by atoms with Gasteiger partial charge < -0.3 is 4.98 Å². The van der Waals surface area contributed by atoms with Crippen molar-refractivity contribution < 1.29 is 4.39 Å². The molecule has 2 rings (SSSR count). The highest BCUT2D eigenvalue weighted by molar-refractivity contribution is 7.99. The lowest BCUT2D eigenvalue weighted by Gasteiger charge is -2.03. The number of H-pyrrole nitrogens is 1. The lowest BCUT2D eigenvalue weighted by molar-refractivity contribution is 0.637. The minimum Gasteiger partial charge on any atom is -0.358 e. The number of thioether (sulfide) groups is 1. The van der Waals surface area contributed by atoms with E-state index in [1.165, 1.54) is 11.6 Å². The number of fused-ring (bicyclic) bond motifs is 1. The topological polar surface area (TPSA) is 15.8 Å². The minimum absolute atomic E-state index is 0.173. The second-order valence-electron chi connectivity index (χ2n) is 3.84. The van der Waals surface area contributed by atoms with E-state index in [1.54, 1.807) is 6.07 Å². The van der Waals surface area contributed by atoms with Gasteiger partial charge in [-0.15, -0.1) is 0 Å². The first-order chi connectivity index (χ1) is 7.18. The molecule has 1 heterocycles. The highest BCUT2D eigenvalue weighted by atomic mass is 32.2. The lowest BCUT2D eigenvalue weighted by atomic mass is 10.2. The molecule has 1 nitrogen and oxygen atoms in total. The van der Waals surface area contributed by atoms with E-state index in [0.717, 1.165) is 11.1 Å². The predicted molar refractivity (Wildman–Crippen MR) is 64.7 cm³/mol. The van der Waals surface area contributed by atoms with Crippen LogP contribution in [-0.4, -0.2) is 10.2 Å². The summed E-state index contributed by atoms with van der Waals surface area (Å²) in [7, 11) is 0. The standard InChI is InChI=1S/C12H14FNS/c1-8(2)15-7-9-6-14-12-10(9)4-3-5-11(12)13/h3-6,8,14H,7H2,1-2H3. The van der Waals surface area contributed by atoms with Gasteiger partial charge in [-0.1, -0.05) is 26.0 Å². The van der Waals surface area contributed by atoms with E-state index in [1.807, 2.05) is 24.0 Å². The Morgan fingerprint density at radius 2 is 2.20 bits per heavy atom. The molecule has 0 aliphatic rings. The van der Waals surface area contributed by atoms with Crippen molar-refractivity contribution in [3.05, 3.63) is 35.8 Å². The van der Waals surface area contributed by atoms with Gasteiger partial charge in [-0.3, -0.25) is 0 Å². The van der Waals surface area contributed by atoms with Crippen molar-refractivity contribution in [2.75, 3.05) is 0 Å². The monoisotopic (exact) mass is 223 g/mol. The maximum atomic E-state index is 13.4. The molecular formula is C12H14FNS. The van der Waals surface area contributed by atoms with E-state index in [2.05, 4.69) is 18.8 Å². The molecule has 0 aliphatic carbocycles. The molecule has 1 aromatic heterocycles. The largest absolute Gasteiger partial charge is 0.358 e. The molecule has 80 valence electrons. The Hall–Kier alpha value is -0.960. The summed E-state index contributed by atoms with van der Waals surface area (Å²) in [5.41, 5.74) is 1.81. The average Bonchev–Trinajstić information content (AvgIpc) is 2.59. The summed E-state index contributed by atoms with van der Waals surface area (Å²) in [6.07, 6.45) is 1.91. The second-order valence-corrected chi connectivity index (χ2v) is 5.40. The Kier molecular flexibility index (Phi) is 3.00. The van der Waals surface area contributed by atoms with Crippen molar-refractivity contribution in [2.24, 2.45) is 0 Å². The highest BCUT2D eigenvalue weighted by Gasteiger charge is 2.07. The van der Waals surface area contributed by atoms with E-state index in [9.17, 15) is 4.39 Å². The van der Waals surface area contributed by atoms with Gasteiger partial charge in [0.2, 0.25) is 0 Å². The Labute approximate surface area is 93.1 Å². The van der Waals surface area contributed by atoms with Crippen molar-refractivity contribution in [3.8, 4) is 0 Å². The molecule has 3 heteroatoms. The van der Waals surface area contributed by atoms with E-state index in [-0.39, 0.29) is 5.82 Å². The summed E-state index contributed by atoms with van der Waals surface area (Å²) >= 11 is 1.87. The second kappa shape index (κ2) is 4.27. The maximum absolute atomic E-state index is 13.4. The SMILES string of the molecule is CC(C)SCc1c[nH]c2c(F)cccc12. The third kappa shape index (κ3) is 2.17. The maximum Gasteiger partial charge on any atom is 0.147 e. The Balaban J connectivity index is 2.33. The molecule has 0 atom stereocenters. The van der Waals surface area contributed by atoms with Crippen LogP contribution in [0.15, 0.2) is 24.4 Å². The molecule has 0 amide bonds. The molecular weight excluding hydrogens is 209 g/mol. The summed E-state index contributed by atoms with van der Waals surface area (Å²) in [6, 6.07) is 5.21. The molecule has 0 saturated carbocycles. The van der Waals surface area contributed by atoms with Crippen LogP contribution in [0, 0.1) is 5.82 Å². The molecule has 15 heavy (non-hydrogen) atoms. The molecule has 1 N–H and O–H groups in total. The molecule has 0 radical (unpaired) electrons. The number of benzene rings is 1. The van der Waals surface area contributed by atoms with Gasteiger partial charge in [-0.2, -0.15) is 11.8 Å². The third-order valence-electron chi connectivity index (χ3n) is 2.32. The van der Waals surface area contributed by atoms with Gasteiger partial charge in [0.25, 0.3) is 0 Å². The number of halogens is 1. The quantitative estimate of drug-likeness (QED) is 0.833. The first-order valence-corrected chi connectivity index (χ1v) is 6.09. The molecule has 0 aliphatic heterocycles. The van der Waals surface area contributed by atoms with Crippen LogP contribution < -0.4 is 0 Å². The number of nitrogens with one attached hydrogen (secondary N) is 1. The summed E-state index contributed by atoms with van der Waals surface area (Å²) in [5.74, 6) is 0.759. The summed E-state index contributed by atoms with van der Waals surface area (Å²) in [5, 5.41) is 1.60. The van der Waals surface area contributed by atoms with Crippen molar-refractivity contribution in [2.45, 2.75) is 24.9 Å². The van der Waals surface area contributed by atoms with Crippen LogP contribution in [0.4, 0.5) is 4.39 Å². The Morgan fingerprint density at radius 1 is 1.40 bits per heavy atom. The smallest absolute Gasteiger partial charge is 0.147 e. The first-order valence-electron chi connectivity index (χ1n) is 5.04. The number of rotatable bonds is 3. The number of para-hydroxylation sites is 1. The number of aromatic amines is 1. The van der Waals surface area contributed by atoms with Gasteiger partial charge >= 0.3 is 0 Å². The van der Waals surface area contributed by atoms with Crippen LogP contribution in [0.2, 0.25) is 0 Å². The molecule has 0 bridgehead atoms. The molecule has 0 saturated heterocycles. The molecule has 0 fully saturated rings. The van der Waals surface area contributed by atoms with Crippen LogP contribution in [0.25, 0.3) is 10.9 Å². The van der Waals surface area contributed by atoms with E-state index >= 15 is 0 Å². The fourth-order valence-electron chi connectivity index (χ4n) is 1.55. The summed E-state index contributed by atoms with van der Waals surface area (Å²) in [6.45, 7) is 4.33. The molecule has 0 spiro atoms. The van der Waals surface area contributed by atoms with Crippen molar-refractivity contribution in [1.29, 1.82) is 0 Å². The highest BCUT2D eigenvalue weighted by Crippen LogP contribution is 2.25. The molecule has 1 aromatic carbocycles. The predicted octanol–water partition coefficient (Wildman–Crippen LogP) is 3.95. The van der Waals surface area contributed by atoms with E-state index in [4.69, 9.17) is 0 Å². The van der Waals surface area contributed by atoms with Gasteiger partial charge in [0.05, 0.1) is 5.52 Å². The van der Waals surface area contributed by atoms with Crippen molar-refractivity contribution >= 4 is 22.7 Å². The fraction of sp³-hybridized carbons (Fsp3) is 0.333. The third-order valence-corrected chi connectivity index (χ3v) is 3.47. The van der Waals surface area contributed by atoms with Gasteiger partial charge in [0.1, 0.15) is 5.82 Å². The first kappa shape index (κ1) is 10.6. The molecule has 0 unspecified atom stereocenters. The van der Waals surface area contributed by atoms with Crippen LogP contribution in [0.1, 0.15) is 19.4 Å². The number of hydrogen-bond donors (Lipinski definition) is 1. The van der Waals surface area contributed by atoms with Crippen LogP contribution in [-0.2, 0) is 5.75 Å². The average molecular weight is 223 g/mol. The Bertz CT molecular complexity index is 462. The fourth-order valence-corrected chi connectivity index (χ4v) is 2.30. The zero-order valence-electron chi connectivity index (χ0n) is 8.88. The summed E-state index contributed by atoms with van der Waals surface area (Å²) in [4.78, 5) is 2.99. The normalized spacial score (nSPS) is 11.5. The zero-order chi connectivity index (χ0) is 10.8. The zero-order valence-corrected chi connectivity index (χ0v) is 9.70.